The normalized spacial score (nSPS) is 16.6. The highest BCUT2D eigenvalue weighted by Crippen LogP contribution is 2.23. The highest BCUT2D eigenvalue weighted by atomic mass is 16.6. The molecule has 0 heterocycles. The third kappa shape index (κ3) is 7.84. The Morgan fingerprint density at radius 1 is 1.32 bits per heavy atom. The number of nitriles is 1. The molecule has 0 aromatic rings. The van der Waals surface area contributed by atoms with E-state index in [1.807, 2.05) is 41.5 Å². The third-order valence-corrected chi connectivity index (χ3v) is 2.83. The van der Waals surface area contributed by atoms with Gasteiger partial charge in [0.1, 0.15) is 11.1 Å². The van der Waals surface area contributed by atoms with E-state index in [1.165, 1.54) is 0 Å². The summed E-state index contributed by atoms with van der Waals surface area (Å²) in [6.07, 6.45) is 1.73. The zero-order valence-corrected chi connectivity index (χ0v) is 13.1. The smallest absolute Gasteiger partial charge is 0.309 e. The number of hydrogen-bond donors (Lipinski definition) is 1. The number of carbonyl (C=O) groups excluding carboxylic acids is 1. The van der Waals surface area contributed by atoms with Crippen molar-refractivity contribution in [2.45, 2.75) is 71.9 Å². The van der Waals surface area contributed by atoms with E-state index >= 15 is 0 Å². The molecule has 0 bridgehead atoms. The van der Waals surface area contributed by atoms with Gasteiger partial charge in [-0.3, -0.25) is 4.79 Å². The second-order valence-electron chi connectivity index (χ2n) is 6.84. The summed E-state index contributed by atoms with van der Waals surface area (Å²) < 4.78 is 5.32. The summed E-state index contributed by atoms with van der Waals surface area (Å²) in [5, 5.41) is 9.18. The highest BCUT2D eigenvalue weighted by Gasteiger charge is 2.29. The van der Waals surface area contributed by atoms with Crippen LogP contribution in [0.2, 0.25) is 0 Å². The first-order chi connectivity index (χ1) is 8.49. The Morgan fingerprint density at radius 2 is 1.84 bits per heavy atom. The highest BCUT2D eigenvalue weighted by molar-refractivity contribution is 5.72. The number of rotatable bonds is 6. The fraction of sp³-hybridized carbons (Fsp3) is 0.867. The van der Waals surface area contributed by atoms with Crippen LogP contribution in [0.1, 0.15) is 60.8 Å². The van der Waals surface area contributed by atoms with Gasteiger partial charge < -0.3 is 10.5 Å². The topological polar surface area (TPSA) is 76.1 Å². The van der Waals surface area contributed by atoms with Crippen molar-refractivity contribution < 1.29 is 9.53 Å². The standard InChI is InChI=1S/C15H28N2O2/c1-11(2)9-15(17,10-16)8-7-12(3)13(18)19-14(4,5)6/h11-12H,7-9,17H2,1-6H3. The maximum Gasteiger partial charge on any atom is 0.309 e. The predicted octanol–water partition coefficient (Wildman–Crippen LogP) is 3.01. The lowest BCUT2D eigenvalue weighted by atomic mass is 9.85. The molecule has 2 unspecified atom stereocenters. The SMILES string of the molecule is CC(C)CC(N)(C#N)CCC(C)C(=O)OC(C)(C)C. The average molecular weight is 268 g/mol. The molecule has 0 radical (unpaired) electrons. The molecule has 0 aliphatic rings. The molecule has 0 aliphatic carbocycles. The Kier molecular flexibility index (Phi) is 6.51. The molecular weight excluding hydrogens is 240 g/mol. The maximum atomic E-state index is 11.8. The molecule has 0 fully saturated rings. The molecule has 0 aromatic heterocycles. The fourth-order valence-corrected chi connectivity index (χ4v) is 1.93. The van der Waals surface area contributed by atoms with Crippen LogP contribution in [-0.2, 0) is 9.53 Å². The van der Waals surface area contributed by atoms with E-state index in [2.05, 4.69) is 6.07 Å². The summed E-state index contributed by atoms with van der Waals surface area (Å²) in [4.78, 5) is 11.8. The lowest BCUT2D eigenvalue weighted by Crippen LogP contribution is -2.40. The zero-order valence-electron chi connectivity index (χ0n) is 13.1. The van der Waals surface area contributed by atoms with Gasteiger partial charge in [-0.2, -0.15) is 5.26 Å². The van der Waals surface area contributed by atoms with Crippen molar-refractivity contribution in [2.75, 3.05) is 0 Å². The second-order valence-corrected chi connectivity index (χ2v) is 6.84. The molecule has 0 saturated heterocycles. The van der Waals surface area contributed by atoms with Crippen LogP contribution in [0.4, 0.5) is 0 Å². The van der Waals surface area contributed by atoms with Gasteiger partial charge in [0.05, 0.1) is 12.0 Å². The van der Waals surface area contributed by atoms with Crippen LogP contribution in [0.15, 0.2) is 0 Å². The summed E-state index contributed by atoms with van der Waals surface area (Å²) in [5.41, 5.74) is 4.74. The minimum Gasteiger partial charge on any atom is -0.460 e. The number of hydrogen-bond acceptors (Lipinski definition) is 4. The maximum absolute atomic E-state index is 11.8. The summed E-state index contributed by atoms with van der Waals surface area (Å²) in [6, 6.07) is 2.18. The summed E-state index contributed by atoms with van der Waals surface area (Å²) in [7, 11) is 0. The van der Waals surface area contributed by atoms with Gasteiger partial charge >= 0.3 is 5.97 Å². The number of carbonyl (C=O) groups is 1. The summed E-state index contributed by atoms with van der Waals surface area (Å²) in [5.74, 6) is -0.0959. The lowest BCUT2D eigenvalue weighted by Gasteiger charge is -2.26. The number of ether oxygens (including phenoxy) is 1. The Bertz CT molecular complexity index is 339. The molecule has 0 rings (SSSR count). The van der Waals surface area contributed by atoms with Crippen molar-refractivity contribution >= 4 is 5.97 Å². The van der Waals surface area contributed by atoms with Gasteiger partial charge in [-0.25, -0.2) is 0 Å². The number of esters is 1. The van der Waals surface area contributed by atoms with Crippen molar-refractivity contribution in [3.63, 3.8) is 0 Å². The molecule has 4 nitrogen and oxygen atoms in total. The number of nitrogens with two attached hydrogens (primary N) is 1. The number of nitrogens with zero attached hydrogens (tertiary/aromatic N) is 1. The van der Waals surface area contributed by atoms with Gasteiger partial charge in [-0.15, -0.1) is 0 Å². The van der Waals surface area contributed by atoms with E-state index < -0.39 is 11.1 Å². The average Bonchev–Trinajstić information content (AvgIpc) is 2.22. The van der Waals surface area contributed by atoms with Crippen LogP contribution in [0.25, 0.3) is 0 Å². The molecule has 0 aromatic carbocycles. The third-order valence-electron chi connectivity index (χ3n) is 2.83. The first kappa shape index (κ1) is 17.9. The van der Waals surface area contributed by atoms with E-state index in [9.17, 15) is 10.1 Å². The Hall–Kier alpha value is -1.08. The summed E-state index contributed by atoms with van der Waals surface area (Å²) in [6.45, 7) is 11.4. The minimum absolute atomic E-state index is 0.225. The van der Waals surface area contributed by atoms with Crippen molar-refractivity contribution in [2.24, 2.45) is 17.6 Å². The van der Waals surface area contributed by atoms with Crippen LogP contribution in [-0.4, -0.2) is 17.1 Å². The zero-order chi connectivity index (χ0) is 15.3. The van der Waals surface area contributed by atoms with Crippen LogP contribution < -0.4 is 5.73 Å². The van der Waals surface area contributed by atoms with Gasteiger partial charge in [-0.1, -0.05) is 20.8 Å². The predicted molar refractivity (Wildman–Crippen MR) is 76.2 cm³/mol. The van der Waals surface area contributed by atoms with E-state index in [-0.39, 0.29) is 11.9 Å². The van der Waals surface area contributed by atoms with Gasteiger partial charge in [0, 0.05) is 0 Å². The molecule has 2 N–H and O–H groups in total. The molecule has 0 amide bonds. The van der Waals surface area contributed by atoms with Crippen LogP contribution in [0, 0.1) is 23.2 Å². The molecule has 110 valence electrons. The van der Waals surface area contributed by atoms with Crippen molar-refractivity contribution in [3.05, 3.63) is 0 Å². The van der Waals surface area contributed by atoms with Crippen LogP contribution in [0.5, 0.6) is 0 Å². The van der Waals surface area contributed by atoms with E-state index in [1.54, 1.807) is 0 Å². The quantitative estimate of drug-likeness (QED) is 0.751. The fourth-order valence-electron chi connectivity index (χ4n) is 1.93. The molecule has 4 heteroatoms. The Morgan fingerprint density at radius 3 is 2.21 bits per heavy atom. The Balaban J connectivity index is 4.39. The van der Waals surface area contributed by atoms with E-state index in [0.29, 0.717) is 25.2 Å². The van der Waals surface area contributed by atoms with Gasteiger partial charge in [0.15, 0.2) is 0 Å². The first-order valence-corrected chi connectivity index (χ1v) is 6.92. The molecule has 0 spiro atoms. The molecule has 0 saturated carbocycles. The molecule has 2 atom stereocenters. The first-order valence-electron chi connectivity index (χ1n) is 6.92. The van der Waals surface area contributed by atoms with Crippen molar-refractivity contribution in [3.8, 4) is 6.07 Å². The van der Waals surface area contributed by atoms with Crippen molar-refractivity contribution in [1.29, 1.82) is 5.26 Å². The minimum atomic E-state index is -0.843. The summed E-state index contributed by atoms with van der Waals surface area (Å²) >= 11 is 0. The van der Waals surface area contributed by atoms with Gasteiger partial charge in [0.2, 0.25) is 0 Å². The van der Waals surface area contributed by atoms with Crippen LogP contribution >= 0.6 is 0 Å². The molecule has 19 heavy (non-hydrogen) atoms. The monoisotopic (exact) mass is 268 g/mol. The van der Waals surface area contributed by atoms with Crippen molar-refractivity contribution in [1.82, 2.24) is 0 Å². The van der Waals surface area contributed by atoms with Gasteiger partial charge in [-0.05, 0) is 46.0 Å². The van der Waals surface area contributed by atoms with Gasteiger partial charge in [0.25, 0.3) is 0 Å². The van der Waals surface area contributed by atoms with E-state index in [0.717, 1.165) is 0 Å². The Labute approximate surface area is 117 Å². The van der Waals surface area contributed by atoms with Crippen LogP contribution in [0.3, 0.4) is 0 Å². The lowest BCUT2D eigenvalue weighted by molar-refractivity contribution is -0.159. The molecular formula is C15H28N2O2. The largest absolute Gasteiger partial charge is 0.460 e. The second kappa shape index (κ2) is 6.91. The molecule has 0 aliphatic heterocycles. The van der Waals surface area contributed by atoms with E-state index in [4.69, 9.17) is 10.5 Å².